The van der Waals surface area contributed by atoms with Crippen molar-refractivity contribution in [2.45, 2.75) is 13.0 Å². The number of hydrogen-bond acceptors (Lipinski definition) is 3. The van der Waals surface area contributed by atoms with Gasteiger partial charge in [0.15, 0.2) is 0 Å². The molecule has 1 aliphatic rings. The number of halogens is 1. The maximum atomic E-state index is 6.46. The van der Waals surface area contributed by atoms with Crippen molar-refractivity contribution in [2.24, 2.45) is 5.73 Å². The third-order valence-electron chi connectivity index (χ3n) is 3.75. The van der Waals surface area contributed by atoms with Gasteiger partial charge in [-0.15, -0.1) is 0 Å². The highest BCUT2D eigenvalue weighted by Gasteiger charge is 2.19. The lowest BCUT2D eigenvalue weighted by Crippen LogP contribution is -2.27. The first kappa shape index (κ1) is 14.2. The van der Waals surface area contributed by atoms with Gasteiger partial charge in [-0.25, -0.2) is 0 Å². The van der Waals surface area contributed by atoms with Crippen LogP contribution < -0.4 is 15.4 Å². The number of rotatable bonds is 3. The molecule has 2 aromatic carbocycles. The lowest BCUT2D eigenvalue weighted by Gasteiger charge is -2.26. The van der Waals surface area contributed by atoms with Crippen LogP contribution in [0, 0.1) is 0 Å². The summed E-state index contributed by atoms with van der Waals surface area (Å²) in [4.78, 5) is 2.29. The molecule has 0 bridgehead atoms. The van der Waals surface area contributed by atoms with Gasteiger partial charge in [-0.2, -0.15) is 0 Å². The van der Waals surface area contributed by atoms with Crippen LogP contribution in [0.25, 0.3) is 0 Å². The Labute approximate surface area is 130 Å². The highest BCUT2D eigenvalue weighted by atomic mass is 35.5. The maximum Gasteiger partial charge on any atom is 0.124 e. The van der Waals surface area contributed by atoms with E-state index in [4.69, 9.17) is 22.1 Å². The number of ether oxygens (including phenoxy) is 1. The standard InChI is InChI=1S/C17H19ClN2O/c18-15-6-3-5-13(8-9-19)17(15)20-10-11-21-16-7-2-1-4-14(16)12-20/h1-7H,8-12,19H2. The van der Waals surface area contributed by atoms with Crippen molar-refractivity contribution in [2.75, 3.05) is 24.6 Å². The third-order valence-corrected chi connectivity index (χ3v) is 4.06. The first-order chi connectivity index (χ1) is 10.3. The Bertz CT molecular complexity index is 630. The molecule has 0 aromatic heterocycles. The number of benzene rings is 2. The van der Waals surface area contributed by atoms with Crippen molar-refractivity contribution in [1.29, 1.82) is 0 Å². The van der Waals surface area contributed by atoms with E-state index in [1.54, 1.807) is 0 Å². The average Bonchev–Trinajstić information content (AvgIpc) is 2.70. The van der Waals surface area contributed by atoms with Crippen LogP contribution in [-0.4, -0.2) is 19.7 Å². The van der Waals surface area contributed by atoms with Crippen molar-refractivity contribution >= 4 is 17.3 Å². The van der Waals surface area contributed by atoms with Crippen LogP contribution in [-0.2, 0) is 13.0 Å². The molecule has 0 unspecified atom stereocenters. The summed E-state index contributed by atoms with van der Waals surface area (Å²) in [5.41, 5.74) is 9.21. The minimum Gasteiger partial charge on any atom is -0.491 e. The van der Waals surface area contributed by atoms with Crippen LogP contribution in [0.1, 0.15) is 11.1 Å². The highest BCUT2D eigenvalue weighted by molar-refractivity contribution is 6.33. The van der Waals surface area contributed by atoms with Crippen molar-refractivity contribution in [1.82, 2.24) is 0 Å². The normalized spacial score (nSPS) is 14.3. The van der Waals surface area contributed by atoms with E-state index in [9.17, 15) is 0 Å². The van der Waals surface area contributed by atoms with E-state index in [1.807, 2.05) is 30.3 Å². The minimum absolute atomic E-state index is 0.619. The molecular weight excluding hydrogens is 284 g/mol. The molecule has 0 amide bonds. The molecule has 3 nitrogen and oxygen atoms in total. The van der Waals surface area contributed by atoms with E-state index in [0.717, 1.165) is 36.0 Å². The fourth-order valence-corrected chi connectivity index (χ4v) is 3.10. The summed E-state index contributed by atoms with van der Waals surface area (Å²) in [5.74, 6) is 0.965. The van der Waals surface area contributed by atoms with Gasteiger partial charge in [0.1, 0.15) is 12.4 Å². The van der Waals surface area contributed by atoms with E-state index >= 15 is 0 Å². The largest absolute Gasteiger partial charge is 0.491 e. The predicted octanol–water partition coefficient (Wildman–Crippen LogP) is 3.24. The molecule has 1 heterocycles. The fraction of sp³-hybridized carbons (Fsp3) is 0.294. The number of anilines is 1. The molecule has 2 aromatic rings. The van der Waals surface area contributed by atoms with E-state index in [1.165, 1.54) is 11.1 Å². The summed E-state index contributed by atoms with van der Waals surface area (Å²) in [6, 6.07) is 14.2. The molecule has 4 heteroatoms. The molecule has 0 saturated heterocycles. The van der Waals surface area contributed by atoms with Crippen molar-refractivity contribution < 1.29 is 4.74 Å². The Hall–Kier alpha value is -1.71. The number of nitrogens with zero attached hydrogens (tertiary/aromatic N) is 1. The lowest BCUT2D eigenvalue weighted by molar-refractivity contribution is 0.331. The van der Waals surface area contributed by atoms with Gasteiger partial charge in [-0.05, 0) is 30.7 Å². The Morgan fingerprint density at radius 1 is 1.14 bits per heavy atom. The lowest BCUT2D eigenvalue weighted by atomic mass is 10.1. The van der Waals surface area contributed by atoms with Gasteiger partial charge in [0.25, 0.3) is 0 Å². The van der Waals surface area contributed by atoms with Gasteiger partial charge in [0.05, 0.1) is 17.3 Å². The molecule has 21 heavy (non-hydrogen) atoms. The number of hydrogen-bond donors (Lipinski definition) is 1. The molecule has 0 aliphatic carbocycles. The molecule has 0 saturated carbocycles. The van der Waals surface area contributed by atoms with E-state index < -0.39 is 0 Å². The molecule has 0 fully saturated rings. The van der Waals surface area contributed by atoms with Crippen molar-refractivity contribution in [3.8, 4) is 5.75 Å². The Morgan fingerprint density at radius 2 is 2.00 bits per heavy atom. The smallest absolute Gasteiger partial charge is 0.124 e. The Kier molecular flexibility index (Phi) is 4.32. The van der Waals surface area contributed by atoms with Crippen LogP contribution in [0.4, 0.5) is 5.69 Å². The molecule has 0 radical (unpaired) electrons. The van der Waals surface area contributed by atoms with E-state index in [-0.39, 0.29) is 0 Å². The third kappa shape index (κ3) is 2.99. The zero-order valence-electron chi connectivity index (χ0n) is 11.9. The molecular formula is C17H19ClN2O. The van der Waals surface area contributed by atoms with Crippen LogP contribution in [0.2, 0.25) is 5.02 Å². The first-order valence-corrected chi connectivity index (χ1v) is 7.60. The summed E-state index contributed by atoms with van der Waals surface area (Å²) in [6.45, 7) is 2.89. The van der Waals surface area contributed by atoms with E-state index in [2.05, 4.69) is 17.0 Å². The minimum atomic E-state index is 0.619. The summed E-state index contributed by atoms with van der Waals surface area (Å²) in [7, 11) is 0. The molecule has 0 atom stereocenters. The predicted molar refractivity (Wildman–Crippen MR) is 87.2 cm³/mol. The summed E-state index contributed by atoms with van der Waals surface area (Å²) < 4.78 is 5.83. The number of para-hydroxylation sites is 2. The van der Waals surface area contributed by atoms with Gasteiger partial charge in [0, 0.05) is 12.1 Å². The van der Waals surface area contributed by atoms with Crippen LogP contribution >= 0.6 is 11.6 Å². The number of fused-ring (bicyclic) bond motifs is 1. The van der Waals surface area contributed by atoms with Gasteiger partial charge < -0.3 is 15.4 Å². The molecule has 110 valence electrons. The fourth-order valence-electron chi connectivity index (χ4n) is 2.79. The molecule has 2 N–H and O–H groups in total. The second-order valence-corrected chi connectivity index (χ2v) is 5.57. The monoisotopic (exact) mass is 302 g/mol. The molecule has 0 spiro atoms. The summed E-state index contributed by atoms with van der Waals surface area (Å²) in [5, 5.41) is 0.778. The highest BCUT2D eigenvalue weighted by Crippen LogP contribution is 2.33. The average molecular weight is 303 g/mol. The zero-order chi connectivity index (χ0) is 14.7. The molecule has 3 rings (SSSR count). The van der Waals surface area contributed by atoms with Gasteiger partial charge in [0.2, 0.25) is 0 Å². The van der Waals surface area contributed by atoms with E-state index in [0.29, 0.717) is 13.2 Å². The second-order valence-electron chi connectivity index (χ2n) is 5.16. The Balaban J connectivity index is 1.97. The van der Waals surface area contributed by atoms with Gasteiger partial charge in [-0.3, -0.25) is 0 Å². The summed E-state index contributed by atoms with van der Waals surface area (Å²) in [6.07, 6.45) is 0.828. The molecule has 1 aliphatic heterocycles. The second kappa shape index (κ2) is 6.37. The van der Waals surface area contributed by atoms with Gasteiger partial charge in [-0.1, -0.05) is 41.9 Å². The first-order valence-electron chi connectivity index (χ1n) is 7.22. The number of nitrogens with two attached hydrogens (primary N) is 1. The topological polar surface area (TPSA) is 38.5 Å². The SMILES string of the molecule is NCCc1cccc(Cl)c1N1CCOc2ccccc2C1. The Morgan fingerprint density at radius 3 is 2.86 bits per heavy atom. The van der Waals surface area contributed by atoms with Crippen LogP contribution in [0.15, 0.2) is 42.5 Å². The van der Waals surface area contributed by atoms with Crippen molar-refractivity contribution in [3.63, 3.8) is 0 Å². The van der Waals surface area contributed by atoms with Gasteiger partial charge >= 0.3 is 0 Å². The summed E-state index contributed by atoms with van der Waals surface area (Å²) >= 11 is 6.46. The van der Waals surface area contributed by atoms with Crippen LogP contribution in [0.3, 0.4) is 0 Å². The van der Waals surface area contributed by atoms with Crippen molar-refractivity contribution in [3.05, 3.63) is 58.6 Å². The quantitative estimate of drug-likeness (QED) is 0.946. The maximum absolute atomic E-state index is 6.46. The zero-order valence-corrected chi connectivity index (χ0v) is 12.6. The van der Waals surface area contributed by atoms with Crippen LogP contribution in [0.5, 0.6) is 5.75 Å².